The number of phenolic OH excluding ortho intramolecular Hbond substituents is 1. The lowest BCUT2D eigenvalue weighted by molar-refractivity contribution is 0.102. The van der Waals surface area contributed by atoms with Gasteiger partial charge in [-0.3, -0.25) is 4.79 Å². The van der Waals surface area contributed by atoms with Crippen LogP contribution in [-0.2, 0) is 0 Å². The van der Waals surface area contributed by atoms with Crippen molar-refractivity contribution in [2.45, 2.75) is 0 Å². The van der Waals surface area contributed by atoms with Crippen molar-refractivity contribution < 1.29 is 9.90 Å². The van der Waals surface area contributed by atoms with Gasteiger partial charge in [-0.15, -0.1) is 0 Å². The number of carbonyl (C=O) groups excluding carboxylic acids is 1. The number of halogens is 1. The van der Waals surface area contributed by atoms with Crippen LogP contribution in [0.25, 0.3) is 0 Å². The van der Waals surface area contributed by atoms with Gasteiger partial charge in [0.15, 0.2) is 0 Å². The Labute approximate surface area is 127 Å². The van der Waals surface area contributed by atoms with Crippen molar-refractivity contribution in [2.75, 3.05) is 11.9 Å². The summed E-state index contributed by atoms with van der Waals surface area (Å²) >= 11 is 5.96. The van der Waals surface area contributed by atoms with Gasteiger partial charge in [-0.2, -0.15) is 0 Å². The first kappa shape index (κ1) is 14.9. The first-order valence-corrected chi connectivity index (χ1v) is 6.57. The van der Waals surface area contributed by atoms with E-state index in [9.17, 15) is 9.90 Å². The normalized spacial score (nSPS) is 9.62. The molecule has 0 aliphatic rings. The van der Waals surface area contributed by atoms with E-state index in [1.165, 1.54) is 18.2 Å². The summed E-state index contributed by atoms with van der Waals surface area (Å²) in [6, 6.07) is 11.3. The summed E-state index contributed by atoms with van der Waals surface area (Å²) in [5, 5.41) is 12.4. The Kier molecular flexibility index (Phi) is 4.83. The van der Waals surface area contributed by atoms with E-state index in [2.05, 4.69) is 17.2 Å². The van der Waals surface area contributed by atoms with Crippen LogP contribution in [0.4, 0.5) is 5.69 Å². The maximum absolute atomic E-state index is 12.2. The average molecular weight is 301 g/mol. The van der Waals surface area contributed by atoms with Crippen LogP contribution in [0.2, 0.25) is 5.02 Å². The zero-order valence-electron chi connectivity index (χ0n) is 11.1. The third kappa shape index (κ3) is 3.76. The molecule has 4 N–H and O–H groups in total. The molecular formula is C16H13ClN2O2. The number of aromatic hydroxyl groups is 1. The Morgan fingerprint density at radius 3 is 2.81 bits per heavy atom. The zero-order valence-corrected chi connectivity index (χ0v) is 11.8. The first-order valence-electron chi connectivity index (χ1n) is 6.19. The first-order chi connectivity index (χ1) is 10.1. The lowest BCUT2D eigenvalue weighted by atomic mass is 10.1. The average Bonchev–Trinajstić information content (AvgIpc) is 2.48. The summed E-state index contributed by atoms with van der Waals surface area (Å²) in [6.07, 6.45) is 0. The molecular weight excluding hydrogens is 288 g/mol. The molecule has 0 fully saturated rings. The molecule has 0 heterocycles. The summed E-state index contributed by atoms with van der Waals surface area (Å²) in [4.78, 5) is 12.2. The van der Waals surface area contributed by atoms with E-state index in [1.807, 2.05) is 6.07 Å². The van der Waals surface area contributed by atoms with Gasteiger partial charge in [-0.05, 0) is 30.3 Å². The highest BCUT2D eigenvalue weighted by atomic mass is 35.5. The third-order valence-corrected chi connectivity index (χ3v) is 3.02. The van der Waals surface area contributed by atoms with Crippen LogP contribution in [0.15, 0.2) is 42.5 Å². The second kappa shape index (κ2) is 6.80. The van der Waals surface area contributed by atoms with Crippen molar-refractivity contribution in [3.63, 3.8) is 0 Å². The highest BCUT2D eigenvalue weighted by Gasteiger charge is 2.12. The van der Waals surface area contributed by atoms with Crippen molar-refractivity contribution in [2.24, 2.45) is 5.73 Å². The van der Waals surface area contributed by atoms with E-state index in [4.69, 9.17) is 17.3 Å². The van der Waals surface area contributed by atoms with Crippen LogP contribution in [-0.4, -0.2) is 17.6 Å². The highest BCUT2D eigenvalue weighted by molar-refractivity contribution is 6.34. The predicted octanol–water partition coefficient (Wildman–Crippen LogP) is 2.61. The molecule has 21 heavy (non-hydrogen) atoms. The number of nitrogens with two attached hydrogens (primary N) is 1. The quantitative estimate of drug-likeness (QED) is 0.746. The van der Waals surface area contributed by atoms with Gasteiger partial charge in [0, 0.05) is 5.56 Å². The molecule has 0 atom stereocenters. The molecule has 1 amide bonds. The summed E-state index contributed by atoms with van der Waals surface area (Å²) < 4.78 is 0. The van der Waals surface area contributed by atoms with E-state index < -0.39 is 5.91 Å². The number of carbonyl (C=O) groups is 1. The highest BCUT2D eigenvalue weighted by Crippen LogP contribution is 2.23. The maximum atomic E-state index is 12.2. The molecule has 0 radical (unpaired) electrons. The molecule has 0 unspecified atom stereocenters. The number of benzene rings is 2. The molecule has 5 heteroatoms. The monoisotopic (exact) mass is 300 g/mol. The zero-order chi connectivity index (χ0) is 15.2. The van der Waals surface area contributed by atoms with Crippen molar-refractivity contribution in [3.8, 4) is 17.6 Å². The van der Waals surface area contributed by atoms with Crippen molar-refractivity contribution in [3.05, 3.63) is 58.6 Å². The maximum Gasteiger partial charge on any atom is 0.257 e. The van der Waals surface area contributed by atoms with Gasteiger partial charge >= 0.3 is 0 Å². The summed E-state index contributed by atoms with van der Waals surface area (Å²) in [7, 11) is 0. The second-order valence-corrected chi connectivity index (χ2v) is 4.58. The molecule has 2 aromatic carbocycles. The summed E-state index contributed by atoms with van der Waals surface area (Å²) in [6.45, 7) is 0.237. The van der Waals surface area contributed by atoms with E-state index in [1.54, 1.807) is 18.2 Å². The number of para-hydroxylation sites is 1. The Balaban J connectivity index is 2.30. The lowest BCUT2D eigenvalue weighted by Gasteiger charge is -2.09. The van der Waals surface area contributed by atoms with Crippen LogP contribution in [0.3, 0.4) is 0 Å². The van der Waals surface area contributed by atoms with Crippen LogP contribution < -0.4 is 11.1 Å². The molecule has 0 bridgehead atoms. The Morgan fingerprint density at radius 2 is 2.05 bits per heavy atom. The molecule has 0 aliphatic heterocycles. The second-order valence-electron chi connectivity index (χ2n) is 4.17. The number of rotatable bonds is 2. The number of phenols is 1. The summed E-state index contributed by atoms with van der Waals surface area (Å²) in [5.41, 5.74) is 6.76. The minimum absolute atomic E-state index is 0.0271. The van der Waals surface area contributed by atoms with E-state index >= 15 is 0 Å². The molecule has 0 aliphatic carbocycles. The van der Waals surface area contributed by atoms with Gasteiger partial charge in [0.2, 0.25) is 0 Å². The van der Waals surface area contributed by atoms with Crippen LogP contribution >= 0.6 is 11.6 Å². The lowest BCUT2D eigenvalue weighted by Crippen LogP contribution is -2.13. The van der Waals surface area contributed by atoms with Crippen molar-refractivity contribution >= 4 is 23.2 Å². The minimum atomic E-state index is -0.419. The van der Waals surface area contributed by atoms with Gasteiger partial charge in [0.1, 0.15) is 5.75 Å². The van der Waals surface area contributed by atoms with Crippen molar-refractivity contribution in [1.29, 1.82) is 0 Å². The molecule has 0 saturated heterocycles. The fraction of sp³-hybridized carbons (Fsp3) is 0.0625. The molecule has 0 aromatic heterocycles. The topological polar surface area (TPSA) is 75.3 Å². The Bertz CT molecular complexity index is 733. The SMILES string of the molecule is NCC#Cc1ccccc1NC(=O)c1cc(O)ccc1Cl. The molecule has 4 nitrogen and oxygen atoms in total. The van der Waals surface area contributed by atoms with Gasteiger partial charge in [-0.1, -0.05) is 35.6 Å². The molecule has 2 rings (SSSR count). The van der Waals surface area contributed by atoms with Gasteiger partial charge < -0.3 is 16.2 Å². The predicted molar refractivity (Wildman–Crippen MR) is 83.4 cm³/mol. The number of hydrogen-bond donors (Lipinski definition) is 3. The molecule has 2 aromatic rings. The van der Waals surface area contributed by atoms with Crippen LogP contribution in [0.1, 0.15) is 15.9 Å². The van der Waals surface area contributed by atoms with Gasteiger partial charge in [0.05, 0.1) is 22.8 Å². The number of nitrogens with one attached hydrogen (secondary N) is 1. The Morgan fingerprint density at radius 1 is 1.29 bits per heavy atom. The molecule has 0 spiro atoms. The number of amides is 1. The number of anilines is 1. The third-order valence-electron chi connectivity index (χ3n) is 2.69. The minimum Gasteiger partial charge on any atom is -0.508 e. The van der Waals surface area contributed by atoms with Gasteiger partial charge in [0.25, 0.3) is 5.91 Å². The molecule has 106 valence electrons. The smallest absolute Gasteiger partial charge is 0.257 e. The fourth-order valence-corrected chi connectivity index (χ4v) is 1.93. The standard InChI is InChI=1S/C16H13ClN2O2/c17-14-8-7-12(20)10-13(14)16(21)19-15-6-2-1-4-11(15)5-3-9-18/h1-2,4,6-8,10,20H,9,18H2,(H,19,21). The largest absolute Gasteiger partial charge is 0.508 e. The number of hydrogen-bond acceptors (Lipinski definition) is 3. The van der Waals surface area contributed by atoms with Gasteiger partial charge in [-0.25, -0.2) is 0 Å². The van der Waals surface area contributed by atoms with E-state index in [-0.39, 0.29) is 22.9 Å². The fourth-order valence-electron chi connectivity index (χ4n) is 1.72. The van der Waals surface area contributed by atoms with Crippen LogP contribution in [0, 0.1) is 11.8 Å². The van der Waals surface area contributed by atoms with E-state index in [0.717, 1.165) is 0 Å². The molecule has 0 saturated carbocycles. The van der Waals surface area contributed by atoms with Crippen LogP contribution in [0.5, 0.6) is 5.75 Å². The van der Waals surface area contributed by atoms with Crippen molar-refractivity contribution in [1.82, 2.24) is 0 Å². The Hall–Kier alpha value is -2.48. The van der Waals surface area contributed by atoms with E-state index in [0.29, 0.717) is 11.3 Å². The summed E-state index contributed by atoms with van der Waals surface area (Å²) in [5.74, 6) is 5.18.